The van der Waals surface area contributed by atoms with Gasteiger partial charge in [-0.3, -0.25) is 14.4 Å². The van der Waals surface area contributed by atoms with E-state index in [2.05, 4.69) is 0 Å². The predicted octanol–water partition coefficient (Wildman–Crippen LogP) is 3.49. The third-order valence-electron chi connectivity index (χ3n) is 7.51. The Kier molecular flexibility index (Phi) is 5.59. The molecule has 0 aromatic heterocycles. The van der Waals surface area contributed by atoms with Crippen LogP contribution in [0.4, 0.5) is 0 Å². The van der Waals surface area contributed by atoms with Gasteiger partial charge in [-0.15, -0.1) is 0 Å². The van der Waals surface area contributed by atoms with Crippen molar-refractivity contribution in [1.82, 2.24) is 9.80 Å². The van der Waals surface area contributed by atoms with Gasteiger partial charge in [-0.2, -0.15) is 0 Å². The smallest absolute Gasteiger partial charge is 0.254 e. The molecular weight excluding hydrogens is 472 g/mol. The fourth-order valence-electron chi connectivity index (χ4n) is 5.79. The van der Waals surface area contributed by atoms with E-state index >= 15 is 0 Å². The number of amides is 2. The highest BCUT2D eigenvalue weighted by Crippen LogP contribution is 2.47. The molecule has 1 fully saturated rings. The largest absolute Gasteiger partial charge is 0.493 e. The lowest BCUT2D eigenvalue weighted by Crippen LogP contribution is -2.66. The average Bonchev–Trinajstić information content (AvgIpc) is 3.41. The Morgan fingerprint density at radius 2 is 1.73 bits per heavy atom. The topological polar surface area (TPSA) is 85.4 Å². The molecule has 3 aromatic carbocycles. The van der Waals surface area contributed by atoms with Gasteiger partial charge in [0.05, 0.1) is 13.2 Å². The van der Waals surface area contributed by atoms with Gasteiger partial charge in [-0.25, -0.2) is 0 Å². The van der Waals surface area contributed by atoms with Crippen LogP contribution in [0.2, 0.25) is 0 Å². The minimum atomic E-state index is -0.766. The van der Waals surface area contributed by atoms with Crippen molar-refractivity contribution in [3.05, 3.63) is 89.0 Å². The van der Waals surface area contributed by atoms with Crippen LogP contribution in [-0.4, -0.2) is 66.5 Å². The Morgan fingerprint density at radius 1 is 0.973 bits per heavy atom. The second-order valence-electron chi connectivity index (χ2n) is 9.46. The highest BCUT2D eigenvalue weighted by molar-refractivity contribution is 6.03. The summed E-state index contributed by atoms with van der Waals surface area (Å²) in [6, 6.07) is 19.1. The van der Waals surface area contributed by atoms with Crippen molar-refractivity contribution < 1.29 is 28.6 Å². The van der Waals surface area contributed by atoms with Gasteiger partial charge in [-0.05, 0) is 29.3 Å². The molecule has 0 N–H and O–H groups in total. The molecule has 3 aromatic rings. The monoisotopic (exact) mass is 498 g/mol. The van der Waals surface area contributed by atoms with Crippen LogP contribution in [0.25, 0.3) is 0 Å². The van der Waals surface area contributed by atoms with Gasteiger partial charge in [0.1, 0.15) is 6.04 Å². The molecule has 3 aliphatic rings. The zero-order chi connectivity index (χ0) is 25.7. The molecule has 188 valence electrons. The summed E-state index contributed by atoms with van der Waals surface area (Å²) in [6.07, 6.45) is 0. The van der Waals surface area contributed by atoms with Crippen molar-refractivity contribution in [2.75, 3.05) is 27.0 Å². The molecule has 0 aliphatic carbocycles. The lowest BCUT2D eigenvalue weighted by atomic mass is 9.76. The number of ketones is 1. The number of fused-ring (bicyclic) bond motifs is 3. The van der Waals surface area contributed by atoms with E-state index in [1.807, 2.05) is 42.5 Å². The average molecular weight is 499 g/mol. The third kappa shape index (κ3) is 3.71. The molecule has 8 nitrogen and oxygen atoms in total. The molecule has 0 spiro atoms. The lowest BCUT2D eigenvalue weighted by molar-refractivity contribution is -0.133. The van der Waals surface area contributed by atoms with Gasteiger partial charge in [0.2, 0.25) is 18.4 Å². The van der Waals surface area contributed by atoms with Crippen LogP contribution in [-0.2, 0) is 4.79 Å². The van der Waals surface area contributed by atoms with E-state index in [1.165, 1.54) is 6.92 Å². The Balaban J connectivity index is 1.47. The van der Waals surface area contributed by atoms with Crippen LogP contribution < -0.4 is 14.2 Å². The van der Waals surface area contributed by atoms with E-state index in [0.29, 0.717) is 28.4 Å². The van der Waals surface area contributed by atoms with E-state index in [1.54, 1.807) is 41.2 Å². The molecule has 1 saturated heterocycles. The van der Waals surface area contributed by atoms with Crippen LogP contribution in [0.15, 0.2) is 66.7 Å². The summed E-state index contributed by atoms with van der Waals surface area (Å²) < 4.78 is 16.9. The Bertz CT molecular complexity index is 1400. The molecule has 0 bridgehead atoms. The normalized spacial score (nSPS) is 21.8. The van der Waals surface area contributed by atoms with E-state index < -0.39 is 6.04 Å². The van der Waals surface area contributed by atoms with E-state index in [-0.39, 0.29) is 49.4 Å². The molecule has 3 atom stereocenters. The quantitative estimate of drug-likeness (QED) is 0.512. The summed E-state index contributed by atoms with van der Waals surface area (Å²) in [5.41, 5.74) is 2.85. The van der Waals surface area contributed by atoms with Gasteiger partial charge in [0.25, 0.3) is 5.91 Å². The SMILES string of the molecule is COc1cc([C@H]2c3ccccc3C(=O)N3C[C@H](C(=O)c4ccccc4)N(C(C)=O)C[C@H]23)cc2c1OCO2. The van der Waals surface area contributed by atoms with Crippen LogP contribution in [0.5, 0.6) is 17.2 Å². The minimum Gasteiger partial charge on any atom is -0.493 e. The summed E-state index contributed by atoms with van der Waals surface area (Å²) in [7, 11) is 1.57. The number of nitrogens with zero attached hydrogens (tertiary/aromatic N) is 2. The number of carbonyl (C=O) groups is 3. The highest BCUT2D eigenvalue weighted by atomic mass is 16.7. The highest BCUT2D eigenvalue weighted by Gasteiger charge is 2.48. The minimum absolute atomic E-state index is 0.103. The lowest BCUT2D eigenvalue weighted by Gasteiger charge is -2.51. The molecule has 37 heavy (non-hydrogen) atoms. The third-order valence-corrected chi connectivity index (χ3v) is 7.51. The predicted molar refractivity (Wildman–Crippen MR) is 134 cm³/mol. The van der Waals surface area contributed by atoms with Crippen LogP contribution in [0.1, 0.15) is 44.7 Å². The first kappa shape index (κ1) is 23.1. The molecule has 3 aliphatic heterocycles. The van der Waals surface area contributed by atoms with Gasteiger partial charge >= 0.3 is 0 Å². The number of hydrogen-bond donors (Lipinski definition) is 0. The maximum atomic E-state index is 13.8. The van der Waals surface area contributed by atoms with Crippen molar-refractivity contribution in [2.24, 2.45) is 0 Å². The number of carbonyl (C=O) groups excluding carboxylic acids is 3. The molecule has 0 unspecified atom stereocenters. The molecule has 6 rings (SSSR count). The van der Waals surface area contributed by atoms with Crippen LogP contribution in [0.3, 0.4) is 0 Å². The fourth-order valence-corrected chi connectivity index (χ4v) is 5.79. The Hall–Kier alpha value is -4.33. The number of ether oxygens (including phenoxy) is 3. The molecule has 8 heteroatoms. The zero-order valence-corrected chi connectivity index (χ0v) is 20.5. The van der Waals surface area contributed by atoms with E-state index in [4.69, 9.17) is 14.2 Å². The van der Waals surface area contributed by atoms with Gasteiger partial charge in [0.15, 0.2) is 17.3 Å². The molecule has 3 heterocycles. The van der Waals surface area contributed by atoms with Crippen molar-refractivity contribution in [3.8, 4) is 17.2 Å². The summed E-state index contributed by atoms with van der Waals surface area (Å²) >= 11 is 0. The first-order chi connectivity index (χ1) is 18.0. The standard InChI is InChI=1S/C29H26N2O6/c1-17(32)30-14-22-26(19-12-24(35-2)28-25(13-19)36-16-37-28)20-10-6-7-11-21(20)29(34)31(22)15-23(30)27(33)18-8-4-3-5-9-18/h3-13,22-23,26H,14-16H2,1-2H3/t22-,23-,26+/m1/s1. The van der Waals surface area contributed by atoms with Crippen molar-refractivity contribution in [1.29, 1.82) is 0 Å². The molecule has 0 saturated carbocycles. The summed E-state index contributed by atoms with van der Waals surface area (Å²) in [4.78, 5) is 43.5. The fraction of sp³-hybridized carbons (Fsp3) is 0.276. The van der Waals surface area contributed by atoms with Gasteiger partial charge in [-0.1, -0.05) is 48.5 Å². The number of piperazine rings is 1. The van der Waals surface area contributed by atoms with Crippen LogP contribution in [0, 0.1) is 0 Å². The second kappa shape index (κ2) is 8.96. The van der Waals surface area contributed by atoms with Crippen molar-refractivity contribution in [2.45, 2.75) is 24.9 Å². The van der Waals surface area contributed by atoms with Gasteiger partial charge in [0, 0.05) is 37.1 Å². The molecular formula is C29H26N2O6. The van der Waals surface area contributed by atoms with E-state index in [0.717, 1.165) is 11.1 Å². The molecule has 0 radical (unpaired) electrons. The van der Waals surface area contributed by atoms with Gasteiger partial charge < -0.3 is 24.0 Å². The second-order valence-corrected chi connectivity index (χ2v) is 9.46. The summed E-state index contributed by atoms with van der Waals surface area (Å²) in [5.74, 6) is 0.870. The number of methoxy groups -OCH3 is 1. The Labute approximate surface area is 214 Å². The summed E-state index contributed by atoms with van der Waals surface area (Å²) in [5, 5.41) is 0. The maximum Gasteiger partial charge on any atom is 0.254 e. The maximum absolute atomic E-state index is 13.8. The Morgan fingerprint density at radius 3 is 2.49 bits per heavy atom. The first-order valence-corrected chi connectivity index (χ1v) is 12.2. The first-order valence-electron chi connectivity index (χ1n) is 12.2. The van der Waals surface area contributed by atoms with E-state index in [9.17, 15) is 14.4 Å². The molecule has 2 amide bonds. The zero-order valence-electron chi connectivity index (χ0n) is 20.5. The van der Waals surface area contributed by atoms with Crippen molar-refractivity contribution in [3.63, 3.8) is 0 Å². The van der Waals surface area contributed by atoms with Crippen LogP contribution >= 0.6 is 0 Å². The number of Topliss-reactive ketones (excluding diaryl/α,β-unsaturated/α-hetero) is 1. The van der Waals surface area contributed by atoms with Crippen molar-refractivity contribution >= 4 is 17.6 Å². The number of hydrogen-bond acceptors (Lipinski definition) is 6. The number of benzene rings is 3. The number of rotatable bonds is 4. The summed E-state index contributed by atoms with van der Waals surface area (Å²) in [6.45, 7) is 1.91.